The Hall–Kier alpha value is -2.96. The molecular formula is C34H47NO4Si. The van der Waals surface area contributed by atoms with E-state index >= 15 is 0 Å². The summed E-state index contributed by atoms with van der Waals surface area (Å²) in [7, 11) is -2.15. The second-order valence-corrected chi connectivity index (χ2v) is 17.0. The number of nitrogens with zero attached hydrogens (tertiary/aromatic N) is 1. The topological polar surface area (TPSA) is 55.8 Å². The second kappa shape index (κ2) is 14.1. The molecule has 0 amide bonds. The van der Waals surface area contributed by atoms with E-state index in [9.17, 15) is 9.59 Å². The van der Waals surface area contributed by atoms with Crippen LogP contribution in [-0.2, 0) is 18.8 Å². The molecule has 0 bridgehead atoms. The summed E-state index contributed by atoms with van der Waals surface area (Å²) in [5.74, 6) is -0.401. The van der Waals surface area contributed by atoms with Gasteiger partial charge in [0.2, 0.25) is 0 Å². The Labute approximate surface area is 242 Å². The number of esters is 1. The first kappa shape index (κ1) is 31.6. The van der Waals surface area contributed by atoms with Crippen molar-refractivity contribution in [3.63, 3.8) is 0 Å². The number of allylic oxidation sites excluding steroid dienone is 2. The van der Waals surface area contributed by atoms with Crippen molar-refractivity contribution in [3.05, 3.63) is 95.7 Å². The van der Waals surface area contributed by atoms with Crippen molar-refractivity contribution >= 4 is 20.1 Å². The highest BCUT2D eigenvalue weighted by molar-refractivity contribution is 6.74. The van der Waals surface area contributed by atoms with Crippen LogP contribution in [0.1, 0.15) is 71.0 Å². The van der Waals surface area contributed by atoms with Gasteiger partial charge in [0.05, 0.1) is 18.8 Å². The number of rotatable bonds is 12. The number of benzene rings is 2. The van der Waals surface area contributed by atoms with Crippen molar-refractivity contribution in [1.82, 2.24) is 4.90 Å². The lowest BCUT2D eigenvalue weighted by atomic mass is 9.96. The van der Waals surface area contributed by atoms with Crippen molar-refractivity contribution in [2.75, 3.05) is 13.2 Å². The molecule has 5 nitrogen and oxygen atoms in total. The van der Waals surface area contributed by atoms with Crippen molar-refractivity contribution in [3.8, 4) is 0 Å². The molecule has 2 aromatic rings. The molecular weight excluding hydrogens is 514 g/mol. The maximum absolute atomic E-state index is 13.5. The molecule has 1 heterocycles. The Morgan fingerprint density at radius 3 is 2.10 bits per heavy atom. The zero-order chi connectivity index (χ0) is 29.3. The van der Waals surface area contributed by atoms with Gasteiger partial charge in [0.15, 0.2) is 14.1 Å². The summed E-state index contributed by atoms with van der Waals surface area (Å²) in [4.78, 5) is 28.0. The molecule has 2 atom stereocenters. The molecule has 1 fully saturated rings. The summed E-state index contributed by atoms with van der Waals surface area (Å²) in [5, 5.41) is 0.00294. The fourth-order valence-electron chi connectivity index (χ4n) is 4.89. The lowest BCUT2D eigenvalue weighted by molar-refractivity contribution is -0.137. The van der Waals surface area contributed by atoms with Gasteiger partial charge < -0.3 is 14.1 Å². The van der Waals surface area contributed by atoms with E-state index in [1.165, 1.54) is 17.2 Å². The largest absolute Gasteiger partial charge is 0.463 e. The molecule has 0 spiro atoms. The third kappa shape index (κ3) is 8.52. The molecule has 216 valence electrons. The summed E-state index contributed by atoms with van der Waals surface area (Å²) < 4.78 is 11.8. The molecule has 0 saturated carbocycles. The first-order chi connectivity index (χ1) is 18.9. The van der Waals surface area contributed by atoms with Crippen LogP contribution in [0, 0.1) is 5.92 Å². The lowest BCUT2D eigenvalue weighted by Gasteiger charge is -2.40. The van der Waals surface area contributed by atoms with Gasteiger partial charge in [-0.3, -0.25) is 4.79 Å². The van der Waals surface area contributed by atoms with Crippen LogP contribution >= 0.6 is 0 Å². The number of carbonyl (C=O) groups excluding carboxylic acids is 2. The van der Waals surface area contributed by atoms with Crippen LogP contribution in [0.3, 0.4) is 0 Å². The molecule has 0 unspecified atom stereocenters. The standard InChI is InChI=1S/C34H47NO4Si/c1-8-38-32(37)22-21-31(39-40(6,7)34(3,4)5)26(2)24-30(36)25-29-20-15-23-35(29)33(27-16-11-9-12-17-27)28-18-13-10-14-19-28/h9-14,16-19,21-22,25-26,31,33H,8,15,20,23-24H2,1-7H3/b22-21+,29-25+/t26-,31+/m0/s1. The summed E-state index contributed by atoms with van der Waals surface area (Å²) in [6.07, 6.45) is 6.96. The zero-order valence-corrected chi connectivity index (χ0v) is 26.4. The predicted molar refractivity (Wildman–Crippen MR) is 165 cm³/mol. The number of likely N-dealkylation sites (tertiary alicyclic amines) is 1. The van der Waals surface area contributed by atoms with Gasteiger partial charge in [-0.15, -0.1) is 0 Å². The predicted octanol–water partition coefficient (Wildman–Crippen LogP) is 7.86. The van der Waals surface area contributed by atoms with E-state index in [1.807, 2.05) is 25.1 Å². The molecule has 0 N–H and O–H groups in total. The number of ketones is 1. The van der Waals surface area contributed by atoms with Gasteiger partial charge >= 0.3 is 5.97 Å². The average Bonchev–Trinajstić information content (AvgIpc) is 3.34. The van der Waals surface area contributed by atoms with Crippen LogP contribution in [0.15, 0.2) is 84.6 Å². The third-order valence-corrected chi connectivity index (χ3v) is 12.6. The smallest absolute Gasteiger partial charge is 0.330 e. The Morgan fingerprint density at radius 1 is 1.00 bits per heavy atom. The van der Waals surface area contributed by atoms with Crippen LogP contribution in [-0.4, -0.2) is 44.2 Å². The lowest BCUT2D eigenvalue weighted by Crippen LogP contribution is -2.45. The Balaban J connectivity index is 1.83. The van der Waals surface area contributed by atoms with Gasteiger partial charge in [-0.1, -0.05) is 88.4 Å². The van der Waals surface area contributed by atoms with E-state index < -0.39 is 8.32 Å². The van der Waals surface area contributed by atoms with Crippen molar-refractivity contribution in [2.24, 2.45) is 5.92 Å². The van der Waals surface area contributed by atoms with Crippen LogP contribution in [0.4, 0.5) is 0 Å². The SMILES string of the molecule is CCOC(=O)/C=C/[C@@H](O[Si](C)(C)C(C)(C)C)[C@@H](C)CC(=O)/C=C1\CCCN1C(c1ccccc1)c1ccccc1. The molecule has 0 aliphatic carbocycles. The van der Waals surface area contributed by atoms with E-state index in [4.69, 9.17) is 9.16 Å². The van der Waals surface area contributed by atoms with Gasteiger partial charge in [-0.2, -0.15) is 0 Å². The maximum Gasteiger partial charge on any atom is 0.330 e. The number of carbonyl (C=O) groups is 2. The Bertz CT molecular complexity index is 1130. The van der Waals surface area contributed by atoms with E-state index in [1.54, 1.807) is 13.0 Å². The first-order valence-electron chi connectivity index (χ1n) is 14.6. The van der Waals surface area contributed by atoms with Crippen LogP contribution in [0.5, 0.6) is 0 Å². The molecule has 2 aromatic carbocycles. The van der Waals surface area contributed by atoms with Gasteiger partial charge in [-0.25, -0.2) is 4.79 Å². The van der Waals surface area contributed by atoms with Crippen molar-refractivity contribution in [1.29, 1.82) is 0 Å². The monoisotopic (exact) mass is 561 g/mol. The maximum atomic E-state index is 13.5. The van der Waals surface area contributed by atoms with Crippen LogP contribution in [0.25, 0.3) is 0 Å². The minimum absolute atomic E-state index is 0.00294. The third-order valence-electron chi connectivity index (χ3n) is 8.10. The Morgan fingerprint density at radius 2 is 1.57 bits per heavy atom. The summed E-state index contributed by atoms with van der Waals surface area (Å²) in [5.41, 5.74) is 3.52. The van der Waals surface area contributed by atoms with Gasteiger partial charge in [0, 0.05) is 30.8 Å². The van der Waals surface area contributed by atoms with E-state index in [0.29, 0.717) is 13.0 Å². The van der Waals surface area contributed by atoms with Gasteiger partial charge in [-0.05, 0) is 61.0 Å². The van der Waals surface area contributed by atoms with E-state index in [2.05, 4.69) is 87.3 Å². The molecule has 40 heavy (non-hydrogen) atoms. The summed E-state index contributed by atoms with van der Waals surface area (Å²) >= 11 is 0. The molecule has 0 radical (unpaired) electrons. The minimum Gasteiger partial charge on any atom is -0.463 e. The first-order valence-corrected chi connectivity index (χ1v) is 17.5. The van der Waals surface area contributed by atoms with Crippen molar-refractivity contribution in [2.45, 2.75) is 84.2 Å². The number of hydrogen-bond donors (Lipinski definition) is 0. The molecule has 1 aliphatic heterocycles. The highest BCUT2D eigenvalue weighted by Crippen LogP contribution is 2.39. The molecule has 3 rings (SSSR count). The van der Waals surface area contributed by atoms with E-state index in [-0.39, 0.29) is 34.9 Å². The fraction of sp³-hybridized carbons (Fsp3) is 0.471. The van der Waals surface area contributed by atoms with Crippen LogP contribution in [0.2, 0.25) is 18.1 Å². The second-order valence-electron chi connectivity index (χ2n) is 12.3. The quantitative estimate of drug-likeness (QED) is 0.150. The number of hydrogen-bond acceptors (Lipinski definition) is 5. The van der Waals surface area contributed by atoms with Crippen molar-refractivity contribution < 1.29 is 18.8 Å². The summed E-state index contributed by atoms with van der Waals surface area (Å²) in [6, 6.07) is 21.1. The van der Waals surface area contributed by atoms with E-state index in [0.717, 1.165) is 25.1 Å². The van der Waals surface area contributed by atoms with Gasteiger partial charge in [0.1, 0.15) is 0 Å². The number of ether oxygens (including phenoxy) is 1. The highest BCUT2D eigenvalue weighted by Gasteiger charge is 2.40. The van der Waals surface area contributed by atoms with Gasteiger partial charge in [0.25, 0.3) is 0 Å². The molecule has 0 aromatic heterocycles. The average molecular weight is 562 g/mol. The minimum atomic E-state index is -2.15. The highest BCUT2D eigenvalue weighted by atomic mass is 28.4. The summed E-state index contributed by atoms with van der Waals surface area (Å²) in [6.45, 7) is 16.0. The van der Waals surface area contributed by atoms with Crippen LogP contribution < -0.4 is 0 Å². The zero-order valence-electron chi connectivity index (χ0n) is 25.4. The Kier molecular flexibility index (Phi) is 11.1. The molecule has 1 aliphatic rings. The normalized spacial score (nSPS) is 17.0. The molecule has 1 saturated heterocycles. The molecule has 6 heteroatoms. The fourth-order valence-corrected chi connectivity index (χ4v) is 6.24.